The van der Waals surface area contributed by atoms with Crippen molar-refractivity contribution >= 4 is 3.21 Å². The Morgan fingerprint density at radius 3 is 1.60 bits per heavy atom. The molecular weight excluding hydrogens is 691 g/mol. The third-order valence-corrected chi connectivity index (χ3v) is 9.92. The van der Waals surface area contributed by atoms with Crippen LogP contribution in [0, 0.1) is 17.6 Å². The Morgan fingerprint density at radius 1 is 0.638 bits per heavy atom. The average molecular weight is 741 g/mol. The zero-order valence-electron chi connectivity index (χ0n) is 29.9. The van der Waals surface area contributed by atoms with Crippen molar-refractivity contribution < 1.29 is 49.0 Å². The maximum atomic E-state index is 3.67. The van der Waals surface area contributed by atoms with Crippen molar-refractivity contribution in [2.24, 2.45) is 5.41 Å². The molecule has 3 heteroatoms. The third kappa shape index (κ3) is 11.1. The third-order valence-electron chi connectivity index (χ3n) is 8.50. The summed E-state index contributed by atoms with van der Waals surface area (Å²) in [4.78, 5) is 0. The van der Waals surface area contributed by atoms with Gasteiger partial charge in [-0.15, -0.1) is 17.5 Å². The Labute approximate surface area is 313 Å². The van der Waals surface area contributed by atoms with Crippen LogP contribution in [0.15, 0.2) is 108 Å². The molecule has 0 aromatic heterocycles. The van der Waals surface area contributed by atoms with Gasteiger partial charge in [0, 0.05) is 0 Å². The van der Waals surface area contributed by atoms with Crippen LogP contribution in [0.3, 0.4) is 0 Å². The van der Waals surface area contributed by atoms with E-state index in [4.69, 9.17) is 0 Å². The zero-order valence-corrected chi connectivity index (χ0v) is 33.9. The first kappa shape index (κ1) is 40.9. The summed E-state index contributed by atoms with van der Waals surface area (Å²) in [6.45, 7) is 22.5. The van der Waals surface area contributed by atoms with Crippen LogP contribution in [0.4, 0.5) is 0 Å². The van der Waals surface area contributed by atoms with Crippen molar-refractivity contribution in [3.8, 4) is 11.1 Å². The molecule has 0 fully saturated rings. The average Bonchev–Trinajstić information content (AvgIpc) is 3.60. The topological polar surface area (TPSA) is 0 Å². The van der Waals surface area contributed by atoms with Crippen molar-refractivity contribution in [3.05, 3.63) is 154 Å². The normalized spacial score (nSPS) is 13.2. The molecule has 0 saturated carbocycles. The van der Waals surface area contributed by atoms with Crippen LogP contribution < -0.4 is 24.8 Å². The van der Waals surface area contributed by atoms with Gasteiger partial charge in [-0.1, -0.05) is 93.0 Å². The van der Waals surface area contributed by atoms with Gasteiger partial charge in [-0.3, -0.25) is 6.08 Å². The molecule has 0 radical (unpaired) electrons. The quantitative estimate of drug-likeness (QED) is 0.208. The van der Waals surface area contributed by atoms with E-state index in [-0.39, 0.29) is 35.6 Å². The van der Waals surface area contributed by atoms with Crippen molar-refractivity contribution in [1.29, 1.82) is 0 Å². The molecule has 2 aliphatic carbocycles. The van der Waals surface area contributed by atoms with Crippen LogP contribution in [-0.4, -0.2) is 3.21 Å². The van der Waals surface area contributed by atoms with E-state index in [0.29, 0.717) is 5.41 Å². The Hall–Kier alpha value is -2.31. The van der Waals surface area contributed by atoms with Gasteiger partial charge >= 0.3 is 99.2 Å². The van der Waals surface area contributed by atoms with Gasteiger partial charge in [0.05, 0.1) is 0 Å². The van der Waals surface area contributed by atoms with Gasteiger partial charge in [-0.05, 0) is 33.8 Å². The molecule has 4 aromatic rings. The van der Waals surface area contributed by atoms with Crippen molar-refractivity contribution in [1.82, 2.24) is 0 Å². The second kappa shape index (κ2) is 16.9. The van der Waals surface area contributed by atoms with Crippen LogP contribution >= 0.6 is 0 Å². The molecule has 0 saturated heterocycles. The van der Waals surface area contributed by atoms with Gasteiger partial charge in [0.15, 0.2) is 0 Å². The molecule has 47 heavy (non-hydrogen) atoms. The van der Waals surface area contributed by atoms with Crippen LogP contribution in [-0.2, 0) is 41.5 Å². The summed E-state index contributed by atoms with van der Waals surface area (Å²) in [5, 5.41) is 0. The number of hydrogen-bond donors (Lipinski definition) is 0. The predicted octanol–water partition coefficient (Wildman–Crippen LogP) is 5.58. The van der Waals surface area contributed by atoms with E-state index in [2.05, 4.69) is 178 Å². The van der Waals surface area contributed by atoms with Gasteiger partial charge in [-0.25, -0.2) is 11.6 Å². The molecule has 0 amide bonds. The molecule has 0 heterocycles. The number of fused-ring (bicyclic) bond motifs is 3. The van der Waals surface area contributed by atoms with Crippen molar-refractivity contribution in [2.45, 2.75) is 92.9 Å². The Bertz CT molecular complexity index is 1590. The molecular formula is C44H50Cl2Zr-2. The molecule has 0 nitrogen and oxygen atoms in total. The zero-order chi connectivity index (χ0) is 33.0. The van der Waals surface area contributed by atoms with Crippen molar-refractivity contribution in [2.75, 3.05) is 0 Å². The summed E-state index contributed by atoms with van der Waals surface area (Å²) in [7, 11) is 0. The van der Waals surface area contributed by atoms with E-state index in [1.807, 2.05) is 0 Å². The van der Waals surface area contributed by atoms with Crippen LogP contribution in [0.1, 0.15) is 109 Å². The molecule has 0 atom stereocenters. The molecule has 246 valence electrons. The summed E-state index contributed by atoms with van der Waals surface area (Å²) >= 11 is 1.46. The van der Waals surface area contributed by atoms with E-state index < -0.39 is 0 Å². The maximum absolute atomic E-state index is 3.67. The number of benzene rings is 4. The summed E-state index contributed by atoms with van der Waals surface area (Å²) in [6, 6.07) is 36.3. The number of halogens is 2. The van der Waals surface area contributed by atoms with Crippen molar-refractivity contribution in [3.63, 3.8) is 0 Å². The fourth-order valence-corrected chi connectivity index (χ4v) is 6.30. The van der Waals surface area contributed by atoms with E-state index in [1.165, 1.54) is 83.1 Å². The molecule has 0 bridgehead atoms. The SMILES string of the molecule is CC(C)(C)c1[c-]c2c(cc1)-c1ccc(C(C)(C)C)cc1C2.CC1=[C-]CC(C(C)(C)C)=C1.[Cl-].[Cl-].[Zr+2]=[C](c1ccccc1)c1ccccc1. The Balaban J connectivity index is 0.000000258. The Morgan fingerprint density at radius 2 is 1.17 bits per heavy atom. The standard InChI is InChI=1S/C21H25.C13H10.C10H15.2ClH.Zr/c1-20(2,3)16-7-9-18-14(12-16)11-15-13-17(21(4,5)6)8-10-19(15)18;1-3-7-12(8-4-1)11-13-9-5-2-6-10-13;1-8-5-6-9(7-8)10(2,3)4;;;/h7-10,12H,11H2,1-6H3;1-10H;7H,6H2,1-4H3;2*1H;/q-1;;-1;;;+2/p-2. The summed E-state index contributed by atoms with van der Waals surface area (Å²) < 4.78 is 1.42. The van der Waals surface area contributed by atoms with Gasteiger partial charge in [0.1, 0.15) is 0 Å². The first-order valence-corrected chi connectivity index (χ1v) is 17.4. The van der Waals surface area contributed by atoms with Gasteiger partial charge in [0.2, 0.25) is 0 Å². The summed E-state index contributed by atoms with van der Waals surface area (Å²) in [5.74, 6) is 0. The van der Waals surface area contributed by atoms with Crippen LogP contribution in [0.25, 0.3) is 11.1 Å². The minimum atomic E-state index is 0. The molecule has 0 spiro atoms. The molecule has 2 aliphatic rings. The van der Waals surface area contributed by atoms with E-state index >= 15 is 0 Å². The number of allylic oxidation sites excluding steroid dienone is 4. The summed E-state index contributed by atoms with van der Waals surface area (Å²) in [5.41, 5.74) is 14.5. The van der Waals surface area contributed by atoms with Crippen LogP contribution in [0.5, 0.6) is 0 Å². The predicted molar refractivity (Wildman–Crippen MR) is 192 cm³/mol. The summed E-state index contributed by atoms with van der Waals surface area (Å²) in [6.07, 6.45) is 7.61. The van der Waals surface area contributed by atoms with Gasteiger partial charge < -0.3 is 24.8 Å². The van der Waals surface area contributed by atoms with Gasteiger partial charge in [-0.2, -0.15) is 29.3 Å². The van der Waals surface area contributed by atoms with Gasteiger partial charge in [0.25, 0.3) is 0 Å². The molecule has 0 unspecified atom stereocenters. The second-order valence-electron chi connectivity index (χ2n) is 15.4. The fraction of sp³-hybridized carbons (Fsp3) is 0.341. The van der Waals surface area contributed by atoms with Crippen LogP contribution in [0.2, 0.25) is 0 Å². The number of rotatable bonds is 2. The van der Waals surface area contributed by atoms with E-state index in [0.717, 1.165) is 12.8 Å². The monoisotopic (exact) mass is 738 g/mol. The fourth-order valence-electron chi connectivity index (χ4n) is 5.48. The van der Waals surface area contributed by atoms with E-state index in [9.17, 15) is 0 Å². The molecule has 0 N–H and O–H groups in total. The molecule has 4 aromatic carbocycles. The Kier molecular flexibility index (Phi) is 14.7. The molecule has 6 rings (SSSR count). The first-order valence-electron chi connectivity index (χ1n) is 16.2. The molecule has 0 aliphatic heterocycles. The minimum absolute atomic E-state index is 0. The number of hydrogen-bond acceptors (Lipinski definition) is 0. The first-order chi connectivity index (χ1) is 21.0. The second-order valence-corrected chi connectivity index (χ2v) is 16.6. The van der Waals surface area contributed by atoms with E-state index in [1.54, 1.807) is 0 Å².